The Morgan fingerprint density at radius 2 is 1.46 bits per heavy atom. The lowest BCUT2D eigenvalue weighted by Gasteiger charge is -2.26. The summed E-state index contributed by atoms with van der Waals surface area (Å²) in [6.45, 7) is 0. The number of halogens is 2. The fourth-order valence-electron chi connectivity index (χ4n) is 3.65. The first kappa shape index (κ1) is 17.8. The monoisotopic (exact) mass is 402 g/mol. The second-order valence-corrected chi connectivity index (χ2v) is 8.01. The number of allylic oxidation sites excluding steroid dienone is 1. The molecule has 0 aliphatic heterocycles. The van der Waals surface area contributed by atoms with Gasteiger partial charge >= 0.3 is 0 Å². The fourth-order valence-corrected chi connectivity index (χ4v) is 4.12. The van der Waals surface area contributed by atoms with Gasteiger partial charge in [-0.15, -0.1) is 0 Å². The molecule has 2 heteroatoms. The van der Waals surface area contributed by atoms with E-state index < -0.39 is 0 Å². The summed E-state index contributed by atoms with van der Waals surface area (Å²) < 4.78 is 1.12. The molecule has 0 spiro atoms. The maximum Gasteiger partial charge on any atom is 0.0175 e. The number of hydrogen-bond acceptors (Lipinski definition) is 0. The van der Waals surface area contributed by atoms with Crippen LogP contribution < -0.4 is 0 Å². The van der Waals surface area contributed by atoms with Crippen molar-refractivity contribution in [2.45, 2.75) is 38.5 Å². The zero-order valence-electron chi connectivity index (χ0n) is 13.9. The number of rotatable bonds is 5. The molecule has 0 heterocycles. The highest BCUT2D eigenvalue weighted by atomic mass is 79.9. The summed E-state index contributed by atoms with van der Waals surface area (Å²) in [6.07, 6.45) is 9.98. The molecule has 0 bridgehead atoms. The van der Waals surface area contributed by atoms with Crippen molar-refractivity contribution in [2.75, 3.05) is 0 Å². The van der Waals surface area contributed by atoms with Crippen LogP contribution in [0, 0.1) is 11.8 Å². The van der Waals surface area contributed by atoms with E-state index in [9.17, 15) is 0 Å². The third-order valence-corrected chi connectivity index (χ3v) is 5.88. The summed E-state index contributed by atoms with van der Waals surface area (Å²) in [7, 11) is 0. The summed E-state index contributed by atoms with van der Waals surface area (Å²) >= 11 is 9.18. The summed E-state index contributed by atoms with van der Waals surface area (Å²) in [5.74, 6) is 1.60. The van der Waals surface area contributed by atoms with Crippen LogP contribution in [0.2, 0.25) is 0 Å². The van der Waals surface area contributed by atoms with Gasteiger partial charge in [-0.1, -0.05) is 70.0 Å². The average Bonchev–Trinajstić information content (AvgIpc) is 2.63. The summed E-state index contributed by atoms with van der Waals surface area (Å²) in [5, 5.41) is 0. The maximum atomic E-state index is 5.69. The molecule has 0 aromatic heterocycles. The van der Waals surface area contributed by atoms with E-state index in [0.29, 0.717) is 5.92 Å². The van der Waals surface area contributed by atoms with Crippen LogP contribution in [-0.4, -0.2) is 0 Å². The molecule has 0 N–H and O–H groups in total. The fraction of sp³-hybridized carbons (Fsp3) is 0.364. The maximum absolute atomic E-state index is 5.69. The van der Waals surface area contributed by atoms with E-state index in [0.717, 1.165) is 10.4 Å². The van der Waals surface area contributed by atoms with Crippen molar-refractivity contribution >= 4 is 27.5 Å². The molecule has 2 aromatic carbocycles. The van der Waals surface area contributed by atoms with E-state index >= 15 is 0 Å². The van der Waals surface area contributed by atoms with Gasteiger partial charge in [0.2, 0.25) is 0 Å². The van der Waals surface area contributed by atoms with Crippen molar-refractivity contribution in [3.8, 4) is 11.1 Å². The molecular formula is C22H24BrCl. The van der Waals surface area contributed by atoms with Crippen molar-refractivity contribution in [1.29, 1.82) is 0 Å². The van der Waals surface area contributed by atoms with Gasteiger partial charge in [-0.05, 0) is 79.2 Å². The molecule has 126 valence electrons. The van der Waals surface area contributed by atoms with Crippen LogP contribution in [0.5, 0.6) is 0 Å². The Kier molecular flexibility index (Phi) is 6.57. The molecular weight excluding hydrogens is 380 g/mol. The van der Waals surface area contributed by atoms with Crippen LogP contribution in [0.4, 0.5) is 0 Å². The standard InChI is InChI=1S/C22H24BrCl/c23-22-13-11-21(12-14-22)20-9-7-18(8-10-20)2-1-17-3-5-19(6-4-17)15-16-24/h7-17,19H,1-6H2. The zero-order valence-corrected chi connectivity index (χ0v) is 16.3. The van der Waals surface area contributed by atoms with Gasteiger partial charge in [-0.3, -0.25) is 0 Å². The third-order valence-electron chi connectivity index (χ3n) is 5.21. The SMILES string of the molecule is ClC=CC1CCC(CCc2ccc(-c3ccc(Br)cc3)cc2)CC1. The van der Waals surface area contributed by atoms with Gasteiger partial charge in [0.1, 0.15) is 0 Å². The minimum Gasteiger partial charge on any atom is -0.0933 e. The van der Waals surface area contributed by atoms with Crippen LogP contribution in [0.25, 0.3) is 11.1 Å². The van der Waals surface area contributed by atoms with Crippen LogP contribution in [0.3, 0.4) is 0 Å². The molecule has 0 unspecified atom stereocenters. The molecule has 1 saturated carbocycles. The van der Waals surface area contributed by atoms with Gasteiger partial charge < -0.3 is 0 Å². The van der Waals surface area contributed by atoms with Gasteiger partial charge in [-0.25, -0.2) is 0 Å². The molecule has 0 nitrogen and oxygen atoms in total. The number of hydrogen-bond donors (Lipinski definition) is 0. The first-order valence-corrected chi connectivity index (χ1v) is 10.1. The van der Waals surface area contributed by atoms with Crippen LogP contribution in [-0.2, 0) is 6.42 Å². The van der Waals surface area contributed by atoms with Gasteiger partial charge in [0.25, 0.3) is 0 Å². The Morgan fingerprint density at radius 3 is 2.04 bits per heavy atom. The normalized spacial score (nSPS) is 21.2. The predicted octanol–water partition coefficient (Wildman–Crippen LogP) is 7.61. The minimum absolute atomic E-state index is 0.712. The Morgan fingerprint density at radius 1 is 0.875 bits per heavy atom. The lowest BCUT2D eigenvalue weighted by atomic mass is 9.79. The van der Waals surface area contributed by atoms with Crippen molar-refractivity contribution in [3.05, 3.63) is 70.2 Å². The van der Waals surface area contributed by atoms with Crippen molar-refractivity contribution < 1.29 is 0 Å². The molecule has 1 aliphatic carbocycles. The zero-order chi connectivity index (χ0) is 16.8. The van der Waals surface area contributed by atoms with Gasteiger partial charge in [-0.2, -0.15) is 0 Å². The van der Waals surface area contributed by atoms with Gasteiger partial charge in [0, 0.05) is 10.0 Å². The van der Waals surface area contributed by atoms with E-state index in [1.807, 2.05) is 0 Å². The van der Waals surface area contributed by atoms with Gasteiger partial charge in [0.15, 0.2) is 0 Å². The molecule has 0 atom stereocenters. The first-order valence-electron chi connectivity index (χ1n) is 8.86. The van der Waals surface area contributed by atoms with Crippen molar-refractivity contribution in [2.24, 2.45) is 11.8 Å². The molecule has 3 rings (SSSR count). The number of aryl methyl sites for hydroxylation is 1. The lowest BCUT2D eigenvalue weighted by molar-refractivity contribution is 0.296. The second-order valence-electron chi connectivity index (χ2n) is 6.84. The van der Waals surface area contributed by atoms with E-state index in [1.165, 1.54) is 55.2 Å². The smallest absolute Gasteiger partial charge is 0.0175 e. The second kappa shape index (κ2) is 8.87. The van der Waals surface area contributed by atoms with E-state index in [4.69, 9.17) is 11.6 Å². The molecule has 0 saturated heterocycles. The first-order chi connectivity index (χ1) is 11.7. The number of benzene rings is 2. The molecule has 2 aromatic rings. The van der Waals surface area contributed by atoms with Gasteiger partial charge in [0.05, 0.1) is 0 Å². The molecule has 1 aliphatic rings. The van der Waals surface area contributed by atoms with E-state index in [2.05, 4.69) is 70.5 Å². The minimum atomic E-state index is 0.712. The van der Waals surface area contributed by atoms with Crippen LogP contribution in [0.1, 0.15) is 37.7 Å². The average molecular weight is 404 g/mol. The Labute approximate surface area is 159 Å². The Hall–Kier alpha value is -1.05. The molecule has 1 fully saturated rings. The topological polar surface area (TPSA) is 0 Å². The highest BCUT2D eigenvalue weighted by Crippen LogP contribution is 2.32. The highest BCUT2D eigenvalue weighted by Gasteiger charge is 2.19. The highest BCUT2D eigenvalue weighted by molar-refractivity contribution is 9.10. The quantitative estimate of drug-likeness (QED) is 0.482. The van der Waals surface area contributed by atoms with E-state index in [1.54, 1.807) is 5.54 Å². The summed E-state index contributed by atoms with van der Waals surface area (Å²) in [4.78, 5) is 0. The molecule has 0 radical (unpaired) electrons. The summed E-state index contributed by atoms with van der Waals surface area (Å²) in [6, 6.07) is 17.6. The summed E-state index contributed by atoms with van der Waals surface area (Å²) in [5.41, 5.74) is 5.71. The molecule has 24 heavy (non-hydrogen) atoms. The largest absolute Gasteiger partial charge is 0.0933 e. The molecule has 0 amide bonds. The Bertz CT molecular complexity index is 649. The van der Waals surface area contributed by atoms with Crippen molar-refractivity contribution in [3.63, 3.8) is 0 Å². The van der Waals surface area contributed by atoms with Crippen molar-refractivity contribution in [1.82, 2.24) is 0 Å². The van der Waals surface area contributed by atoms with E-state index in [-0.39, 0.29) is 0 Å². The Balaban J connectivity index is 1.51. The van der Waals surface area contributed by atoms with Crippen LogP contribution in [0.15, 0.2) is 64.6 Å². The third kappa shape index (κ3) is 4.97. The lowest BCUT2D eigenvalue weighted by Crippen LogP contribution is -2.13. The van der Waals surface area contributed by atoms with Crippen LogP contribution >= 0.6 is 27.5 Å². The predicted molar refractivity (Wildman–Crippen MR) is 108 cm³/mol.